The zero-order valence-corrected chi connectivity index (χ0v) is 14.8. The highest BCUT2D eigenvalue weighted by Gasteiger charge is 2.17. The van der Waals surface area contributed by atoms with Crippen LogP contribution in [-0.4, -0.2) is 21.8 Å². The quantitative estimate of drug-likeness (QED) is 0.706. The van der Waals surface area contributed by atoms with E-state index in [1.807, 2.05) is 0 Å². The predicted molar refractivity (Wildman–Crippen MR) is 97.9 cm³/mol. The van der Waals surface area contributed by atoms with Crippen molar-refractivity contribution < 1.29 is 13.9 Å². The SMILES string of the molecule is CC(Oc1ccc(Cl)cc1)C(=O)Nc1ccnn1Cc1ccccc1F. The molecule has 3 rings (SSSR count). The van der Waals surface area contributed by atoms with E-state index in [1.165, 1.54) is 10.7 Å². The monoisotopic (exact) mass is 373 g/mol. The molecule has 1 N–H and O–H groups in total. The number of amides is 1. The fourth-order valence-electron chi connectivity index (χ4n) is 2.35. The Morgan fingerprint density at radius 2 is 1.96 bits per heavy atom. The van der Waals surface area contributed by atoms with Gasteiger partial charge in [0.25, 0.3) is 5.91 Å². The first-order valence-electron chi connectivity index (χ1n) is 8.01. The minimum atomic E-state index is -0.729. The van der Waals surface area contributed by atoms with E-state index in [0.717, 1.165) is 0 Å². The minimum Gasteiger partial charge on any atom is -0.481 e. The third kappa shape index (κ3) is 4.40. The van der Waals surface area contributed by atoms with Crippen LogP contribution in [-0.2, 0) is 11.3 Å². The van der Waals surface area contributed by atoms with Gasteiger partial charge in [0, 0.05) is 16.7 Å². The lowest BCUT2D eigenvalue weighted by atomic mass is 10.2. The molecule has 1 aromatic heterocycles. The van der Waals surface area contributed by atoms with E-state index >= 15 is 0 Å². The molecular weight excluding hydrogens is 357 g/mol. The number of carbonyl (C=O) groups is 1. The van der Waals surface area contributed by atoms with Gasteiger partial charge in [-0.2, -0.15) is 5.10 Å². The Morgan fingerprint density at radius 1 is 1.23 bits per heavy atom. The maximum atomic E-state index is 13.8. The van der Waals surface area contributed by atoms with Crippen LogP contribution in [0.15, 0.2) is 60.8 Å². The Bertz CT molecular complexity index is 896. The van der Waals surface area contributed by atoms with Crippen molar-refractivity contribution in [3.05, 3.63) is 77.2 Å². The van der Waals surface area contributed by atoms with Crippen LogP contribution in [0, 0.1) is 5.82 Å². The summed E-state index contributed by atoms with van der Waals surface area (Å²) < 4.78 is 20.9. The van der Waals surface area contributed by atoms with Gasteiger partial charge in [-0.25, -0.2) is 9.07 Å². The molecule has 1 amide bonds. The van der Waals surface area contributed by atoms with Crippen LogP contribution >= 0.6 is 11.6 Å². The highest BCUT2D eigenvalue weighted by molar-refractivity contribution is 6.30. The lowest BCUT2D eigenvalue weighted by molar-refractivity contribution is -0.122. The zero-order valence-electron chi connectivity index (χ0n) is 14.0. The van der Waals surface area contributed by atoms with Gasteiger partial charge in [0.2, 0.25) is 0 Å². The van der Waals surface area contributed by atoms with Crippen molar-refractivity contribution in [2.75, 3.05) is 5.32 Å². The second kappa shape index (κ2) is 8.01. The average molecular weight is 374 g/mol. The standard InChI is InChI=1S/C19H17ClFN3O2/c1-13(26-16-8-6-15(20)7-9-16)19(25)23-18-10-11-22-24(18)12-14-4-2-3-5-17(14)21/h2-11,13H,12H2,1H3,(H,23,25). The Balaban J connectivity index is 1.65. The Labute approximate surface area is 155 Å². The number of hydrogen-bond donors (Lipinski definition) is 1. The maximum absolute atomic E-state index is 13.8. The molecule has 1 heterocycles. The van der Waals surface area contributed by atoms with Gasteiger partial charge in [0.15, 0.2) is 6.10 Å². The number of hydrogen-bond acceptors (Lipinski definition) is 3. The van der Waals surface area contributed by atoms with Crippen LogP contribution in [0.1, 0.15) is 12.5 Å². The Morgan fingerprint density at radius 3 is 2.69 bits per heavy atom. The number of nitrogens with one attached hydrogen (secondary N) is 1. The van der Waals surface area contributed by atoms with Crippen LogP contribution < -0.4 is 10.1 Å². The van der Waals surface area contributed by atoms with Crippen molar-refractivity contribution >= 4 is 23.3 Å². The number of rotatable bonds is 6. The molecule has 0 saturated carbocycles. The van der Waals surface area contributed by atoms with Crippen LogP contribution in [0.4, 0.5) is 10.2 Å². The normalized spacial score (nSPS) is 11.8. The van der Waals surface area contributed by atoms with Gasteiger partial charge >= 0.3 is 0 Å². The van der Waals surface area contributed by atoms with Gasteiger partial charge in [-0.15, -0.1) is 0 Å². The van der Waals surface area contributed by atoms with Crippen molar-refractivity contribution in [3.8, 4) is 5.75 Å². The van der Waals surface area contributed by atoms with E-state index in [9.17, 15) is 9.18 Å². The second-order valence-electron chi connectivity index (χ2n) is 5.67. The lowest BCUT2D eigenvalue weighted by Crippen LogP contribution is -2.31. The van der Waals surface area contributed by atoms with Gasteiger partial charge in [0.1, 0.15) is 17.4 Å². The molecule has 0 radical (unpaired) electrons. The molecule has 1 unspecified atom stereocenters. The third-order valence-corrected chi connectivity index (χ3v) is 3.99. The summed E-state index contributed by atoms with van der Waals surface area (Å²) in [7, 11) is 0. The maximum Gasteiger partial charge on any atom is 0.266 e. The molecular formula is C19H17ClFN3O2. The van der Waals surface area contributed by atoms with Crippen LogP contribution in [0.5, 0.6) is 5.75 Å². The number of ether oxygens (including phenoxy) is 1. The van der Waals surface area contributed by atoms with E-state index in [-0.39, 0.29) is 18.3 Å². The summed E-state index contributed by atoms with van der Waals surface area (Å²) in [5.74, 6) is 0.344. The van der Waals surface area contributed by atoms with E-state index in [1.54, 1.807) is 61.7 Å². The first kappa shape index (κ1) is 17.9. The van der Waals surface area contributed by atoms with Gasteiger partial charge < -0.3 is 10.1 Å². The van der Waals surface area contributed by atoms with Crippen molar-refractivity contribution in [1.82, 2.24) is 9.78 Å². The van der Waals surface area contributed by atoms with Crippen molar-refractivity contribution in [2.45, 2.75) is 19.6 Å². The predicted octanol–water partition coefficient (Wildman–Crippen LogP) is 4.13. The van der Waals surface area contributed by atoms with Crippen LogP contribution in [0.25, 0.3) is 0 Å². The number of benzene rings is 2. The molecule has 0 saturated heterocycles. The summed E-state index contributed by atoms with van der Waals surface area (Å²) in [6.45, 7) is 1.85. The molecule has 2 aromatic carbocycles. The first-order valence-corrected chi connectivity index (χ1v) is 8.39. The molecule has 0 fully saturated rings. The zero-order chi connectivity index (χ0) is 18.5. The number of halogens is 2. The molecule has 0 aliphatic rings. The molecule has 26 heavy (non-hydrogen) atoms. The largest absolute Gasteiger partial charge is 0.481 e. The van der Waals surface area contributed by atoms with Crippen molar-refractivity contribution in [3.63, 3.8) is 0 Å². The van der Waals surface area contributed by atoms with Crippen LogP contribution in [0.3, 0.4) is 0 Å². The highest BCUT2D eigenvalue weighted by atomic mass is 35.5. The topological polar surface area (TPSA) is 56.1 Å². The summed E-state index contributed by atoms with van der Waals surface area (Å²) in [5.41, 5.74) is 0.483. The highest BCUT2D eigenvalue weighted by Crippen LogP contribution is 2.18. The average Bonchev–Trinajstić information content (AvgIpc) is 3.05. The summed E-state index contributed by atoms with van der Waals surface area (Å²) in [5, 5.41) is 7.48. The molecule has 7 heteroatoms. The summed E-state index contributed by atoms with van der Waals surface area (Å²) in [6, 6.07) is 14.8. The molecule has 0 spiro atoms. The second-order valence-corrected chi connectivity index (χ2v) is 6.11. The van der Waals surface area contributed by atoms with E-state index in [4.69, 9.17) is 16.3 Å². The third-order valence-electron chi connectivity index (χ3n) is 3.74. The number of anilines is 1. The molecule has 0 aliphatic heterocycles. The molecule has 0 aliphatic carbocycles. The molecule has 0 bridgehead atoms. The van der Waals surface area contributed by atoms with Gasteiger partial charge in [-0.05, 0) is 37.3 Å². The smallest absolute Gasteiger partial charge is 0.266 e. The van der Waals surface area contributed by atoms with Crippen molar-refractivity contribution in [2.24, 2.45) is 0 Å². The van der Waals surface area contributed by atoms with Crippen LogP contribution in [0.2, 0.25) is 5.02 Å². The molecule has 5 nitrogen and oxygen atoms in total. The lowest BCUT2D eigenvalue weighted by Gasteiger charge is -2.15. The number of carbonyl (C=O) groups excluding carboxylic acids is 1. The van der Waals surface area contributed by atoms with Gasteiger partial charge in [0.05, 0.1) is 12.7 Å². The van der Waals surface area contributed by atoms with Gasteiger partial charge in [-0.1, -0.05) is 29.8 Å². The first-order chi connectivity index (χ1) is 12.5. The summed E-state index contributed by atoms with van der Waals surface area (Å²) in [4.78, 5) is 12.4. The molecule has 3 aromatic rings. The fraction of sp³-hybridized carbons (Fsp3) is 0.158. The molecule has 134 valence electrons. The van der Waals surface area contributed by atoms with Crippen molar-refractivity contribution in [1.29, 1.82) is 0 Å². The van der Waals surface area contributed by atoms with E-state index in [2.05, 4.69) is 10.4 Å². The summed E-state index contributed by atoms with van der Waals surface area (Å²) in [6.07, 6.45) is 0.814. The van der Waals surface area contributed by atoms with E-state index in [0.29, 0.717) is 22.2 Å². The Kier molecular flexibility index (Phi) is 5.53. The molecule has 1 atom stereocenters. The minimum absolute atomic E-state index is 0.210. The number of aromatic nitrogens is 2. The Hall–Kier alpha value is -2.86. The number of nitrogens with zero attached hydrogens (tertiary/aromatic N) is 2. The van der Waals surface area contributed by atoms with E-state index < -0.39 is 6.10 Å². The fourth-order valence-corrected chi connectivity index (χ4v) is 2.48. The van der Waals surface area contributed by atoms with Gasteiger partial charge in [-0.3, -0.25) is 4.79 Å². The summed E-state index contributed by atoms with van der Waals surface area (Å²) >= 11 is 5.83.